The molecule has 0 atom stereocenters. The van der Waals surface area contributed by atoms with Crippen LogP contribution in [0.15, 0.2) is 24.3 Å². The van der Waals surface area contributed by atoms with Gasteiger partial charge in [-0.1, -0.05) is 12.1 Å². The highest BCUT2D eigenvalue weighted by molar-refractivity contribution is 5.90. The minimum atomic E-state index is -2.33. The van der Waals surface area contributed by atoms with Crippen molar-refractivity contribution < 1.29 is 31.5 Å². The molecule has 0 aliphatic heterocycles. The lowest BCUT2D eigenvalue weighted by Gasteiger charge is -2.23. The van der Waals surface area contributed by atoms with E-state index in [4.69, 9.17) is 4.74 Å². The SMILES string of the molecule is CCN(CCOC(=O)c1c(F)c(F)c(F)c(F)c1F)c1cccc(C)c1. The molecule has 2 aromatic rings. The number of halogens is 5. The number of benzene rings is 2. The highest BCUT2D eigenvalue weighted by Crippen LogP contribution is 2.23. The summed E-state index contributed by atoms with van der Waals surface area (Å²) in [6.07, 6.45) is 0. The fourth-order valence-corrected chi connectivity index (χ4v) is 2.40. The third kappa shape index (κ3) is 3.95. The quantitative estimate of drug-likeness (QED) is 0.326. The van der Waals surface area contributed by atoms with Crippen LogP contribution in [0.1, 0.15) is 22.8 Å². The maximum Gasteiger partial charge on any atom is 0.344 e. The molecule has 140 valence electrons. The molecule has 0 saturated carbocycles. The molecule has 0 bridgehead atoms. The van der Waals surface area contributed by atoms with Crippen LogP contribution in [0, 0.1) is 36.0 Å². The Kier molecular flexibility index (Phi) is 6.18. The summed E-state index contributed by atoms with van der Waals surface area (Å²) in [5.41, 5.74) is 0.263. The number of ether oxygens (including phenoxy) is 1. The fourth-order valence-electron chi connectivity index (χ4n) is 2.40. The van der Waals surface area contributed by atoms with E-state index in [1.807, 2.05) is 43.0 Å². The van der Waals surface area contributed by atoms with Crippen LogP contribution >= 0.6 is 0 Å². The largest absolute Gasteiger partial charge is 0.460 e. The van der Waals surface area contributed by atoms with Crippen LogP contribution in [-0.4, -0.2) is 25.7 Å². The maximum atomic E-state index is 13.6. The Morgan fingerprint density at radius 1 is 1.00 bits per heavy atom. The first-order valence-corrected chi connectivity index (χ1v) is 7.78. The van der Waals surface area contributed by atoms with E-state index in [1.54, 1.807) is 0 Å². The number of likely N-dealkylation sites (N-methyl/N-ethyl adjacent to an activating group) is 1. The number of hydrogen-bond donors (Lipinski definition) is 0. The molecule has 0 N–H and O–H groups in total. The first-order chi connectivity index (χ1) is 12.3. The topological polar surface area (TPSA) is 29.5 Å². The van der Waals surface area contributed by atoms with Gasteiger partial charge in [0.25, 0.3) is 0 Å². The monoisotopic (exact) mass is 373 g/mol. The molecule has 0 radical (unpaired) electrons. The van der Waals surface area contributed by atoms with Gasteiger partial charge in [0.2, 0.25) is 5.82 Å². The van der Waals surface area contributed by atoms with Gasteiger partial charge < -0.3 is 9.64 Å². The molecule has 0 amide bonds. The lowest BCUT2D eigenvalue weighted by atomic mass is 10.1. The second kappa shape index (κ2) is 8.16. The van der Waals surface area contributed by atoms with Crippen molar-refractivity contribution in [1.82, 2.24) is 0 Å². The van der Waals surface area contributed by atoms with Crippen molar-refractivity contribution in [2.75, 3.05) is 24.6 Å². The molecule has 2 rings (SSSR count). The lowest BCUT2D eigenvalue weighted by molar-refractivity contribution is 0.0500. The minimum Gasteiger partial charge on any atom is -0.460 e. The summed E-state index contributed by atoms with van der Waals surface area (Å²) in [7, 11) is 0. The predicted molar refractivity (Wildman–Crippen MR) is 85.6 cm³/mol. The van der Waals surface area contributed by atoms with Gasteiger partial charge in [-0.2, -0.15) is 0 Å². The average molecular weight is 373 g/mol. The van der Waals surface area contributed by atoms with Gasteiger partial charge >= 0.3 is 5.97 Å². The Hall–Kier alpha value is -2.64. The summed E-state index contributed by atoms with van der Waals surface area (Å²) < 4.78 is 71.2. The number of carbonyl (C=O) groups excluding carboxylic acids is 1. The first kappa shape index (κ1) is 19.7. The fraction of sp³-hybridized carbons (Fsp3) is 0.278. The molecule has 8 heteroatoms. The lowest BCUT2D eigenvalue weighted by Crippen LogP contribution is -2.28. The van der Waals surface area contributed by atoms with Gasteiger partial charge in [0.1, 0.15) is 12.2 Å². The van der Waals surface area contributed by atoms with Gasteiger partial charge in [0.05, 0.1) is 6.54 Å². The normalized spacial score (nSPS) is 10.7. The highest BCUT2D eigenvalue weighted by atomic mass is 19.2. The van der Waals surface area contributed by atoms with Gasteiger partial charge in [-0.05, 0) is 31.5 Å². The number of aryl methyl sites for hydroxylation is 1. The highest BCUT2D eigenvalue weighted by Gasteiger charge is 2.30. The van der Waals surface area contributed by atoms with Crippen LogP contribution in [0.2, 0.25) is 0 Å². The van der Waals surface area contributed by atoms with Gasteiger partial charge in [-0.3, -0.25) is 0 Å². The molecule has 0 heterocycles. The molecule has 2 aromatic carbocycles. The molecule has 0 saturated heterocycles. The number of esters is 1. The number of rotatable bonds is 6. The zero-order chi connectivity index (χ0) is 19.4. The Morgan fingerprint density at radius 3 is 2.12 bits per heavy atom. The molecule has 0 unspecified atom stereocenters. The van der Waals surface area contributed by atoms with Crippen molar-refractivity contribution in [3.8, 4) is 0 Å². The Labute approximate surface area is 147 Å². The molecule has 3 nitrogen and oxygen atoms in total. The predicted octanol–water partition coefficient (Wildman–Crippen LogP) is 4.37. The van der Waals surface area contributed by atoms with Crippen LogP contribution in [0.5, 0.6) is 0 Å². The molecule has 0 aliphatic carbocycles. The number of anilines is 1. The van der Waals surface area contributed by atoms with Gasteiger partial charge in [0.15, 0.2) is 23.3 Å². The standard InChI is InChI=1S/C18H16F5NO2/c1-3-24(11-6-4-5-10(2)9-11)7-8-26-18(25)12-13(19)15(21)17(23)16(22)14(12)20/h4-6,9H,3,7-8H2,1-2H3. The molecule has 26 heavy (non-hydrogen) atoms. The Morgan fingerprint density at radius 2 is 1.58 bits per heavy atom. The summed E-state index contributed by atoms with van der Waals surface area (Å²) >= 11 is 0. The van der Waals surface area contributed by atoms with Crippen LogP contribution < -0.4 is 4.90 Å². The summed E-state index contributed by atoms with van der Waals surface area (Å²) in [6, 6.07) is 7.48. The molecule has 0 aliphatic rings. The van der Waals surface area contributed by atoms with Crippen molar-refractivity contribution in [2.45, 2.75) is 13.8 Å². The zero-order valence-electron chi connectivity index (χ0n) is 14.1. The van der Waals surface area contributed by atoms with E-state index in [1.165, 1.54) is 0 Å². The van der Waals surface area contributed by atoms with E-state index in [9.17, 15) is 26.7 Å². The summed E-state index contributed by atoms with van der Waals surface area (Å²) in [4.78, 5) is 13.6. The van der Waals surface area contributed by atoms with Crippen LogP contribution in [0.3, 0.4) is 0 Å². The molecular formula is C18H16F5NO2. The summed E-state index contributed by atoms with van der Waals surface area (Å²) in [6.45, 7) is 4.21. The maximum absolute atomic E-state index is 13.6. The summed E-state index contributed by atoms with van der Waals surface area (Å²) in [5.74, 6) is -12.7. The zero-order valence-corrected chi connectivity index (χ0v) is 14.1. The second-order valence-electron chi connectivity index (χ2n) is 5.50. The van der Waals surface area contributed by atoms with E-state index in [0.29, 0.717) is 6.54 Å². The van der Waals surface area contributed by atoms with Crippen LogP contribution in [0.4, 0.5) is 27.6 Å². The van der Waals surface area contributed by atoms with Gasteiger partial charge in [-0.15, -0.1) is 0 Å². The van der Waals surface area contributed by atoms with Crippen molar-refractivity contribution in [3.63, 3.8) is 0 Å². The third-order valence-electron chi connectivity index (χ3n) is 3.76. The van der Waals surface area contributed by atoms with E-state index in [-0.39, 0.29) is 13.2 Å². The van der Waals surface area contributed by atoms with E-state index < -0.39 is 40.6 Å². The summed E-state index contributed by atoms with van der Waals surface area (Å²) in [5, 5.41) is 0. The van der Waals surface area contributed by atoms with Gasteiger partial charge in [-0.25, -0.2) is 26.7 Å². The second-order valence-corrected chi connectivity index (χ2v) is 5.50. The van der Waals surface area contributed by atoms with Crippen molar-refractivity contribution >= 4 is 11.7 Å². The van der Waals surface area contributed by atoms with E-state index in [0.717, 1.165) is 11.3 Å². The first-order valence-electron chi connectivity index (χ1n) is 7.78. The van der Waals surface area contributed by atoms with Crippen molar-refractivity contribution in [3.05, 3.63) is 64.5 Å². The minimum absolute atomic E-state index is 0.182. The number of hydrogen-bond acceptors (Lipinski definition) is 3. The van der Waals surface area contributed by atoms with E-state index in [2.05, 4.69) is 0 Å². The molecule has 0 fully saturated rings. The molecule has 0 spiro atoms. The third-order valence-corrected chi connectivity index (χ3v) is 3.76. The van der Waals surface area contributed by atoms with Crippen LogP contribution in [0.25, 0.3) is 0 Å². The van der Waals surface area contributed by atoms with Crippen molar-refractivity contribution in [2.24, 2.45) is 0 Å². The average Bonchev–Trinajstić information content (AvgIpc) is 2.62. The van der Waals surface area contributed by atoms with Crippen LogP contribution in [-0.2, 0) is 4.74 Å². The Bertz CT molecular complexity index is 796. The van der Waals surface area contributed by atoms with E-state index >= 15 is 0 Å². The van der Waals surface area contributed by atoms with Crippen molar-refractivity contribution in [1.29, 1.82) is 0 Å². The smallest absolute Gasteiger partial charge is 0.344 e. The Balaban J connectivity index is 2.10. The number of nitrogens with zero attached hydrogens (tertiary/aromatic N) is 1. The molecular weight excluding hydrogens is 357 g/mol. The van der Waals surface area contributed by atoms with Gasteiger partial charge in [0, 0.05) is 12.2 Å². The number of carbonyl (C=O) groups is 1. The molecule has 0 aromatic heterocycles.